The van der Waals surface area contributed by atoms with Crippen LogP contribution in [-0.4, -0.2) is 53.6 Å². The van der Waals surface area contributed by atoms with E-state index in [0.29, 0.717) is 37.1 Å². The lowest BCUT2D eigenvalue weighted by Crippen LogP contribution is -2.51. The predicted molar refractivity (Wildman–Crippen MR) is 97.7 cm³/mol. The van der Waals surface area contributed by atoms with E-state index >= 15 is 0 Å². The third kappa shape index (κ3) is 4.37. The van der Waals surface area contributed by atoms with Gasteiger partial charge in [0, 0.05) is 49.2 Å². The van der Waals surface area contributed by atoms with Crippen LogP contribution in [0, 0.1) is 0 Å². The molecule has 9 heteroatoms. The Kier molecular flexibility index (Phi) is 5.51. The molecule has 0 unspecified atom stereocenters. The Morgan fingerprint density at radius 1 is 1.12 bits per heavy atom. The molecule has 0 radical (unpaired) electrons. The van der Waals surface area contributed by atoms with Crippen molar-refractivity contribution < 1.29 is 8.78 Å². The van der Waals surface area contributed by atoms with Gasteiger partial charge in [0.25, 0.3) is 5.92 Å². The first-order valence-corrected chi connectivity index (χ1v) is 8.54. The number of guanidine groups is 1. The molecule has 0 bridgehead atoms. The number of aromatic nitrogens is 2. The van der Waals surface area contributed by atoms with E-state index in [4.69, 9.17) is 17.3 Å². The van der Waals surface area contributed by atoms with E-state index in [0.717, 1.165) is 0 Å². The molecule has 1 fully saturated rings. The molecule has 2 heterocycles. The average molecular weight is 381 g/mol. The van der Waals surface area contributed by atoms with Crippen LogP contribution >= 0.6 is 11.6 Å². The Morgan fingerprint density at radius 3 is 2.35 bits per heavy atom. The van der Waals surface area contributed by atoms with Crippen molar-refractivity contribution in [3.8, 4) is 0 Å². The van der Waals surface area contributed by atoms with Crippen molar-refractivity contribution in [1.82, 2.24) is 14.9 Å². The van der Waals surface area contributed by atoms with Gasteiger partial charge in [0.1, 0.15) is 6.54 Å². The van der Waals surface area contributed by atoms with E-state index in [1.807, 2.05) is 4.90 Å². The summed E-state index contributed by atoms with van der Waals surface area (Å²) in [5, 5.41) is 0.410. The summed E-state index contributed by atoms with van der Waals surface area (Å²) in [6.45, 7) is 1.73. The fraction of sp³-hybridized carbons (Fsp3) is 0.353. The molecule has 3 rings (SSSR count). The minimum absolute atomic E-state index is 0.118. The Balaban J connectivity index is 1.57. The summed E-state index contributed by atoms with van der Waals surface area (Å²) in [5.41, 5.74) is 5.78. The van der Waals surface area contributed by atoms with Crippen LogP contribution in [0.2, 0.25) is 5.02 Å². The zero-order valence-corrected chi connectivity index (χ0v) is 14.8. The lowest BCUT2D eigenvalue weighted by Gasteiger charge is -2.35. The zero-order valence-electron chi connectivity index (χ0n) is 14.0. The van der Waals surface area contributed by atoms with Gasteiger partial charge in [-0.1, -0.05) is 23.7 Å². The molecule has 1 aliphatic heterocycles. The van der Waals surface area contributed by atoms with Crippen LogP contribution in [0.4, 0.5) is 14.7 Å². The van der Waals surface area contributed by atoms with E-state index in [-0.39, 0.29) is 11.5 Å². The largest absolute Gasteiger partial charge is 0.370 e. The summed E-state index contributed by atoms with van der Waals surface area (Å²) >= 11 is 5.73. The van der Waals surface area contributed by atoms with Gasteiger partial charge in [0.15, 0.2) is 5.96 Å². The smallest absolute Gasteiger partial charge is 0.292 e. The Labute approximate surface area is 155 Å². The monoisotopic (exact) mass is 380 g/mol. The van der Waals surface area contributed by atoms with Gasteiger partial charge in [-0.15, -0.1) is 0 Å². The first kappa shape index (κ1) is 18.3. The minimum atomic E-state index is -3.10. The van der Waals surface area contributed by atoms with Gasteiger partial charge in [-0.25, -0.2) is 15.0 Å². The van der Waals surface area contributed by atoms with Crippen LogP contribution in [-0.2, 0) is 5.92 Å². The number of halogens is 3. The predicted octanol–water partition coefficient (Wildman–Crippen LogP) is 2.36. The minimum Gasteiger partial charge on any atom is -0.370 e. The molecule has 0 atom stereocenters. The Bertz CT molecular complexity index is 746. The number of benzene rings is 1. The first-order valence-electron chi connectivity index (χ1n) is 8.16. The molecular formula is C17H19ClF2N6. The summed E-state index contributed by atoms with van der Waals surface area (Å²) < 4.78 is 28.5. The van der Waals surface area contributed by atoms with Crippen molar-refractivity contribution >= 4 is 23.5 Å². The number of rotatable bonds is 4. The van der Waals surface area contributed by atoms with Crippen LogP contribution in [0.5, 0.6) is 0 Å². The van der Waals surface area contributed by atoms with E-state index in [2.05, 4.69) is 15.0 Å². The van der Waals surface area contributed by atoms with Gasteiger partial charge >= 0.3 is 0 Å². The number of nitrogens with two attached hydrogens (primary N) is 1. The van der Waals surface area contributed by atoms with Crippen molar-refractivity contribution in [2.24, 2.45) is 10.7 Å². The molecule has 6 nitrogen and oxygen atoms in total. The maximum Gasteiger partial charge on any atom is 0.292 e. The lowest BCUT2D eigenvalue weighted by atomic mass is 10.1. The number of anilines is 1. The molecule has 1 saturated heterocycles. The highest BCUT2D eigenvalue weighted by Gasteiger charge is 2.31. The molecule has 1 aromatic carbocycles. The van der Waals surface area contributed by atoms with E-state index in [1.54, 1.807) is 23.4 Å². The summed E-state index contributed by atoms with van der Waals surface area (Å²) in [6, 6.07) is 7.22. The van der Waals surface area contributed by atoms with Crippen molar-refractivity contribution in [2.75, 3.05) is 37.6 Å². The molecule has 0 aliphatic carbocycles. The highest BCUT2D eigenvalue weighted by Crippen LogP contribution is 2.29. The average Bonchev–Trinajstić information content (AvgIpc) is 2.67. The zero-order chi connectivity index (χ0) is 18.6. The fourth-order valence-electron chi connectivity index (χ4n) is 2.66. The van der Waals surface area contributed by atoms with Crippen LogP contribution in [0.1, 0.15) is 5.56 Å². The van der Waals surface area contributed by atoms with E-state index < -0.39 is 12.5 Å². The van der Waals surface area contributed by atoms with E-state index in [1.165, 1.54) is 24.3 Å². The molecule has 0 saturated carbocycles. The van der Waals surface area contributed by atoms with Crippen molar-refractivity contribution in [1.29, 1.82) is 0 Å². The van der Waals surface area contributed by atoms with Gasteiger partial charge < -0.3 is 15.5 Å². The fourth-order valence-corrected chi connectivity index (χ4v) is 2.78. The molecule has 1 aromatic heterocycles. The number of piperazine rings is 1. The van der Waals surface area contributed by atoms with E-state index in [9.17, 15) is 8.78 Å². The molecule has 26 heavy (non-hydrogen) atoms. The van der Waals surface area contributed by atoms with Gasteiger partial charge in [0.2, 0.25) is 5.95 Å². The van der Waals surface area contributed by atoms with Crippen LogP contribution < -0.4 is 10.6 Å². The molecule has 0 amide bonds. The number of aliphatic imine (C=N–C) groups is 1. The third-order valence-corrected chi connectivity index (χ3v) is 4.40. The normalized spacial score (nSPS) is 16.0. The Morgan fingerprint density at radius 2 is 1.73 bits per heavy atom. The highest BCUT2D eigenvalue weighted by atomic mass is 35.5. The van der Waals surface area contributed by atoms with Crippen LogP contribution in [0.25, 0.3) is 0 Å². The quantitative estimate of drug-likeness (QED) is 0.651. The van der Waals surface area contributed by atoms with Gasteiger partial charge in [-0.3, -0.25) is 0 Å². The molecular weight excluding hydrogens is 362 g/mol. The maximum atomic E-state index is 14.2. The second-order valence-electron chi connectivity index (χ2n) is 5.91. The number of alkyl halides is 2. The topological polar surface area (TPSA) is 70.6 Å². The van der Waals surface area contributed by atoms with Crippen molar-refractivity contribution in [2.45, 2.75) is 5.92 Å². The molecule has 2 N–H and O–H groups in total. The second-order valence-corrected chi connectivity index (χ2v) is 6.35. The van der Waals surface area contributed by atoms with Crippen LogP contribution in [0.3, 0.4) is 0 Å². The summed E-state index contributed by atoms with van der Waals surface area (Å²) in [7, 11) is 0. The Hall–Kier alpha value is -2.48. The number of hydrogen-bond acceptors (Lipinski definition) is 4. The first-order chi connectivity index (χ1) is 12.5. The summed E-state index contributed by atoms with van der Waals surface area (Å²) in [6.07, 6.45) is 3.37. The molecule has 138 valence electrons. The summed E-state index contributed by atoms with van der Waals surface area (Å²) in [4.78, 5) is 16.1. The SMILES string of the molecule is NC(=NCC(F)(F)c1ccc(Cl)cc1)N1CCN(c2ncccn2)CC1. The maximum absolute atomic E-state index is 14.2. The molecule has 2 aromatic rings. The van der Waals surface area contributed by atoms with Crippen molar-refractivity contribution in [3.05, 3.63) is 53.3 Å². The molecule has 1 aliphatic rings. The van der Waals surface area contributed by atoms with Gasteiger partial charge in [-0.05, 0) is 18.2 Å². The van der Waals surface area contributed by atoms with Gasteiger partial charge in [0.05, 0.1) is 0 Å². The molecule has 0 spiro atoms. The van der Waals surface area contributed by atoms with Crippen molar-refractivity contribution in [3.63, 3.8) is 0 Å². The standard InChI is InChI=1S/C17H19ClF2N6/c18-14-4-2-13(3-5-14)17(19,20)12-24-15(21)25-8-10-26(11-9-25)16-22-6-1-7-23-16/h1-7H,8-12H2,(H2,21,24). The lowest BCUT2D eigenvalue weighted by molar-refractivity contribution is 0.00625. The second kappa shape index (κ2) is 7.82. The highest BCUT2D eigenvalue weighted by molar-refractivity contribution is 6.30. The third-order valence-electron chi connectivity index (χ3n) is 4.14. The van der Waals surface area contributed by atoms with Crippen LogP contribution in [0.15, 0.2) is 47.7 Å². The summed E-state index contributed by atoms with van der Waals surface area (Å²) in [5.74, 6) is -2.33. The number of nitrogens with zero attached hydrogens (tertiary/aromatic N) is 5. The number of hydrogen-bond donors (Lipinski definition) is 1. The van der Waals surface area contributed by atoms with Gasteiger partial charge in [-0.2, -0.15) is 8.78 Å².